The number of carbonyl (C=O) groups excluding carboxylic acids is 2. The van der Waals surface area contributed by atoms with Gasteiger partial charge in [-0.15, -0.1) is 0 Å². The number of aromatic amines is 1. The minimum absolute atomic E-state index is 0.00561. The molecule has 0 saturated carbocycles. The second kappa shape index (κ2) is 8.52. The van der Waals surface area contributed by atoms with Crippen molar-refractivity contribution in [3.63, 3.8) is 0 Å². The highest BCUT2D eigenvalue weighted by Crippen LogP contribution is 2.28. The standard InChI is InChI=1S/C24H26N2O3/c1-29-19-7-8-20-21(16-25-22(20)15-19)23(27)9-10-24(28)26-13-11-18(12-14-26)17-5-3-2-4-6-17/h2-8,15-16,18,25H,9-14H2,1H3. The third kappa shape index (κ3) is 4.19. The fourth-order valence-electron chi connectivity index (χ4n) is 4.16. The Balaban J connectivity index is 1.31. The minimum Gasteiger partial charge on any atom is -0.497 e. The van der Waals surface area contributed by atoms with Gasteiger partial charge in [0.05, 0.1) is 7.11 Å². The van der Waals surface area contributed by atoms with Crippen molar-refractivity contribution in [3.8, 4) is 5.75 Å². The molecule has 2 heterocycles. The van der Waals surface area contributed by atoms with Crippen molar-refractivity contribution in [1.29, 1.82) is 0 Å². The van der Waals surface area contributed by atoms with Crippen molar-refractivity contribution in [2.24, 2.45) is 0 Å². The summed E-state index contributed by atoms with van der Waals surface area (Å²) >= 11 is 0. The molecule has 1 saturated heterocycles. The molecule has 1 fully saturated rings. The summed E-state index contributed by atoms with van der Waals surface area (Å²) in [6, 6.07) is 16.1. The lowest BCUT2D eigenvalue weighted by Crippen LogP contribution is -2.38. The topological polar surface area (TPSA) is 62.4 Å². The maximum absolute atomic E-state index is 12.7. The molecule has 0 unspecified atom stereocenters. The maximum Gasteiger partial charge on any atom is 0.223 e. The second-order valence-corrected chi connectivity index (χ2v) is 7.60. The molecule has 2 aromatic carbocycles. The summed E-state index contributed by atoms with van der Waals surface area (Å²) in [5.74, 6) is 1.33. The first kappa shape index (κ1) is 19.2. The van der Waals surface area contributed by atoms with Gasteiger partial charge in [0.1, 0.15) is 5.75 Å². The minimum atomic E-state index is -0.00561. The van der Waals surface area contributed by atoms with Crippen molar-refractivity contribution >= 4 is 22.6 Å². The molecule has 1 aliphatic rings. The number of ketones is 1. The molecule has 0 aliphatic carbocycles. The Bertz CT molecular complexity index is 1000. The number of nitrogens with zero attached hydrogens (tertiary/aromatic N) is 1. The Morgan fingerprint density at radius 1 is 1.07 bits per heavy atom. The van der Waals surface area contributed by atoms with E-state index in [1.807, 2.05) is 29.2 Å². The predicted molar refractivity (Wildman–Crippen MR) is 113 cm³/mol. The summed E-state index contributed by atoms with van der Waals surface area (Å²) in [7, 11) is 1.62. The molecule has 3 aromatic rings. The Kier molecular flexibility index (Phi) is 5.65. The SMILES string of the molecule is COc1ccc2c(C(=O)CCC(=O)N3CCC(c4ccccc4)CC3)c[nH]c2c1. The van der Waals surface area contributed by atoms with Crippen LogP contribution >= 0.6 is 0 Å². The van der Waals surface area contributed by atoms with E-state index in [1.165, 1.54) is 5.56 Å². The summed E-state index contributed by atoms with van der Waals surface area (Å²) in [6.07, 6.45) is 4.18. The van der Waals surface area contributed by atoms with Crippen molar-refractivity contribution in [2.45, 2.75) is 31.6 Å². The molecule has 1 amide bonds. The van der Waals surface area contributed by atoms with Crippen molar-refractivity contribution < 1.29 is 14.3 Å². The van der Waals surface area contributed by atoms with Gasteiger partial charge in [0, 0.05) is 54.7 Å². The van der Waals surface area contributed by atoms with E-state index in [0.717, 1.165) is 42.6 Å². The van der Waals surface area contributed by atoms with Crippen LogP contribution in [0.4, 0.5) is 0 Å². The van der Waals surface area contributed by atoms with E-state index in [-0.39, 0.29) is 24.5 Å². The number of H-pyrrole nitrogens is 1. The van der Waals surface area contributed by atoms with Crippen LogP contribution in [0, 0.1) is 0 Å². The lowest BCUT2D eigenvalue weighted by Gasteiger charge is -2.32. The first-order valence-electron chi connectivity index (χ1n) is 10.2. The lowest BCUT2D eigenvalue weighted by atomic mass is 9.89. The Morgan fingerprint density at radius 3 is 2.55 bits per heavy atom. The lowest BCUT2D eigenvalue weighted by molar-refractivity contribution is -0.132. The van der Waals surface area contributed by atoms with E-state index in [0.29, 0.717) is 11.5 Å². The quantitative estimate of drug-likeness (QED) is 0.628. The molecule has 0 radical (unpaired) electrons. The number of aromatic nitrogens is 1. The molecule has 1 aliphatic heterocycles. The van der Waals surface area contributed by atoms with Gasteiger partial charge in [-0.1, -0.05) is 30.3 Å². The van der Waals surface area contributed by atoms with E-state index in [4.69, 9.17) is 4.74 Å². The largest absolute Gasteiger partial charge is 0.497 e. The number of Topliss-reactive ketones (excluding diaryl/α,β-unsaturated/α-hetero) is 1. The van der Waals surface area contributed by atoms with Crippen LogP contribution in [0.5, 0.6) is 5.75 Å². The van der Waals surface area contributed by atoms with Crippen molar-refractivity contribution in [2.75, 3.05) is 20.2 Å². The van der Waals surface area contributed by atoms with Crippen LogP contribution in [0.3, 0.4) is 0 Å². The van der Waals surface area contributed by atoms with Gasteiger partial charge in [-0.3, -0.25) is 9.59 Å². The number of carbonyl (C=O) groups is 2. The van der Waals surface area contributed by atoms with Crippen LogP contribution in [-0.2, 0) is 4.79 Å². The summed E-state index contributed by atoms with van der Waals surface area (Å²) in [5, 5.41) is 0.868. The highest BCUT2D eigenvalue weighted by molar-refractivity contribution is 6.08. The van der Waals surface area contributed by atoms with Crippen LogP contribution in [0.25, 0.3) is 10.9 Å². The third-order valence-electron chi connectivity index (χ3n) is 5.87. The average Bonchev–Trinajstić information content (AvgIpc) is 3.21. The summed E-state index contributed by atoms with van der Waals surface area (Å²) in [5.41, 5.74) is 2.85. The fraction of sp³-hybridized carbons (Fsp3) is 0.333. The van der Waals surface area contributed by atoms with Crippen LogP contribution in [0.15, 0.2) is 54.7 Å². The molecule has 150 valence electrons. The molecule has 1 aromatic heterocycles. The van der Waals surface area contributed by atoms with Gasteiger partial charge in [-0.25, -0.2) is 0 Å². The van der Waals surface area contributed by atoms with E-state index < -0.39 is 0 Å². The van der Waals surface area contributed by atoms with Gasteiger partial charge in [0.2, 0.25) is 5.91 Å². The van der Waals surface area contributed by atoms with E-state index in [1.54, 1.807) is 13.3 Å². The van der Waals surface area contributed by atoms with E-state index in [9.17, 15) is 9.59 Å². The zero-order valence-electron chi connectivity index (χ0n) is 16.7. The second-order valence-electron chi connectivity index (χ2n) is 7.60. The first-order chi connectivity index (χ1) is 14.2. The van der Waals surface area contributed by atoms with Crippen molar-refractivity contribution in [3.05, 3.63) is 65.9 Å². The molecule has 5 heteroatoms. The molecule has 4 rings (SSSR count). The normalized spacial score (nSPS) is 14.9. The number of ether oxygens (including phenoxy) is 1. The smallest absolute Gasteiger partial charge is 0.223 e. The van der Waals surface area contributed by atoms with Gasteiger partial charge in [0.25, 0.3) is 0 Å². The monoisotopic (exact) mass is 390 g/mol. The molecule has 0 atom stereocenters. The highest BCUT2D eigenvalue weighted by atomic mass is 16.5. The molecule has 0 bridgehead atoms. The summed E-state index contributed by atoms with van der Waals surface area (Å²) in [6.45, 7) is 1.53. The number of rotatable bonds is 6. The van der Waals surface area contributed by atoms with Crippen LogP contribution in [0.2, 0.25) is 0 Å². The Hall–Kier alpha value is -3.08. The zero-order valence-corrected chi connectivity index (χ0v) is 16.7. The third-order valence-corrected chi connectivity index (χ3v) is 5.87. The molecular weight excluding hydrogens is 364 g/mol. The number of nitrogens with one attached hydrogen (secondary N) is 1. The summed E-state index contributed by atoms with van der Waals surface area (Å²) in [4.78, 5) is 30.3. The number of piperidine rings is 1. The van der Waals surface area contributed by atoms with Gasteiger partial charge >= 0.3 is 0 Å². The fourth-order valence-corrected chi connectivity index (χ4v) is 4.16. The number of fused-ring (bicyclic) bond motifs is 1. The molecular formula is C24H26N2O3. The van der Waals surface area contributed by atoms with E-state index in [2.05, 4.69) is 29.2 Å². The van der Waals surface area contributed by atoms with E-state index >= 15 is 0 Å². The maximum atomic E-state index is 12.7. The Labute approximate surface area is 170 Å². The molecule has 0 spiro atoms. The zero-order chi connectivity index (χ0) is 20.2. The van der Waals surface area contributed by atoms with Gasteiger partial charge < -0.3 is 14.6 Å². The summed E-state index contributed by atoms with van der Waals surface area (Å²) < 4.78 is 5.22. The number of hydrogen-bond acceptors (Lipinski definition) is 3. The van der Waals surface area contributed by atoms with Crippen molar-refractivity contribution in [1.82, 2.24) is 9.88 Å². The van der Waals surface area contributed by atoms with Crippen LogP contribution in [-0.4, -0.2) is 41.8 Å². The van der Waals surface area contributed by atoms with Gasteiger partial charge in [0.15, 0.2) is 5.78 Å². The number of benzene rings is 2. The number of methoxy groups -OCH3 is 1. The molecule has 29 heavy (non-hydrogen) atoms. The average molecular weight is 390 g/mol. The molecule has 1 N–H and O–H groups in total. The Morgan fingerprint density at radius 2 is 1.83 bits per heavy atom. The highest BCUT2D eigenvalue weighted by Gasteiger charge is 2.24. The van der Waals surface area contributed by atoms with Gasteiger partial charge in [-0.2, -0.15) is 0 Å². The predicted octanol–water partition coefficient (Wildman–Crippen LogP) is 4.55. The number of hydrogen-bond donors (Lipinski definition) is 1. The number of amides is 1. The van der Waals surface area contributed by atoms with Crippen LogP contribution in [0.1, 0.15) is 47.5 Å². The van der Waals surface area contributed by atoms with Gasteiger partial charge in [-0.05, 0) is 36.5 Å². The molecule has 5 nitrogen and oxygen atoms in total. The van der Waals surface area contributed by atoms with Crippen LogP contribution < -0.4 is 4.74 Å². The number of likely N-dealkylation sites (tertiary alicyclic amines) is 1. The first-order valence-corrected chi connectivity index (χ1v) is 10.2.